The molecule has 2 N–H and O–H groups in total. The molecule has 2 aliphatic rings. The van der Waals surface area contributed by atoms with Gasteiger partial charge in [-0.3, -0.25) is 9.36 Å². The monoisotopic (exact) mass is 584 g/mol. The van der Waals surface area contributed by atoms with E-state index in [4.69, 9.17) is 16.7 Å². The highest BCUT2D eigenvalue weighted by atomic mass is 35.5. The minimum atomic E-state index is -3.07. The van der Waals surface area contributed by atoms with E-state index in [1.807, 2.05) is 0 Å². The lowest BCUT2D eigenvalue weighted by Crippen LogP contribution is -2.41. The van der Waals surface area contributed by atoms with Crippen molar-refractivity contribution in [3.8, 4) is 6.07 Å². The minimum Gasteiger partial charge on any atom is -0.465 e. The third kappa shape index (κ3) is 5.71. The molecule has 1 saturated heterocycles. The molecule has 41 heavy (non-hydrogen) atoms. The normalized spacial score (nSPS) is 16.9. The second kappa shape index (κ2) is 11.6. The number of nitrogens with one attached hydrogen (secondary N) is 1. The molecule has 9 nitrogen and oxygen atoms in total. The van der Waals surface area contributed by atoms with Crippen LogP contribution in [0.1, 0.15) is 48.8 Å². The van der Waals surface area contributed by atoms with Crippen molar-refractivity contribution in [2.75, 3.05) is 30.8 Å². The van der Waals surface area contributed by atoms with Crippen LogP contribution >= 0.6 is 11.6 Å². The molecular weight excluding hydrogens is 554 g/mol. The van der Waals surface area contributed by atoms with Gasteiger partial charge in [-0.1, -0.05) is 18.2 Å². The summed E-state index contributed by atoms with van der Waals surface area (Å²) in [5.74, 6) is -3.12. The van der Waals surface area contributed by atoms with E-state index in [2.05, 4.69) is 21.4 Å². The van der Waals surface area contributed by atoms with Crippen LogP contribution in [0.2, 0.25) is 0 Å². The van der Waals surface area contributed by atoms with Crippen molar-refractivity contribution in [1.29, 1.82) is 5.26 Å². The SMILES string of the molecule is N#CC1(c2cc3c(NCCc4cccc(C(F)(F)C5CCN(C(=O)O)CC5)c4)ncnc3n(CCCCl)c2=O)CC1. The fourth-order valence-corrected chi connectivity index (χ4v) is 5.71. The van der Waals surface area contributed by atoms with E-state index < -0.39 is 23.3 Å². The van der Waals surface area contributed by atoms with Crippen LogP contribution in [0.3, 0.4) is 0 Å². The highest BCUT2D eigenvalue weighted by Crippen LogP contribution is 2.47. The lowest BCUT2D eigenvalue weighted by Gasteiger charge is -2.34. The van der Waals surface area contributed by atoms with Gasteiger partial charge in [0.25, 0.3) is 11.5 Å². The molecule has 0 radical (unpaired) electrons. The molecule has 1 amide bonds. The van der Waals surface area contributed by atoms with Crippen molar-refractivity contribution in [2.24, 2.45) is 5.92 Å². The van der Waals surface area contributed by atoms with Gasteiger partial charge < -0.3 is 15.3 Å². The number of aryl methyl sites for hydroxylation is 1. The first-order chi connectivity index (χ1) is 19.7. The molecule has 3 heterocycles. The number of hydrogen-bond acceptors (Lipinski definition) is 6. The number of amides is 1. The summed E-state index contributed by atoms with van der Waals surface area (Å²) < 4.78 is 32.3. The van der Waals surface area contributed by atoms with Gasteiger partial charge >= 0.3 is 6.09 Å². The molecule has 0 bridgehead atoms. The maximum absolute atomic E-state index is 15.4. The molecule has 216 valence electrons. The lowest BCUT2D eigenvalue weighted by molar-refractivity contribution is -0.0836. The van der Waals surface area contributed by atoms with Crippen molar-refractivity contribution in [2.45, 2.75) is 56.4 Å². The number of aromatic nitrogens is 3. The zero-order valence-electron chi connectivity index (χ0n) is 22.5. The number of carboxylic acid groups (broad SMARTS) is 1. The van der Waals surface area contributed by atoms with E-state index in [1.165, 1.54) is 23.4 Å². The van der Waals surface area contributed by atoms with Crippen LogP contribution in [0.15, 0.2) is 41.5 Å². The molecule has 3 aromatic rings. The molecule has 1 aliphatic carbocycles. The van der Waals surface area contributed by atoms with Crippen LogP contribution in [0.25, 0.3) is 11.0 Å². The quantitative estimate of drug-likeness (QED) is 0.317. The molecule has 1 saturated carbocycles. The number of hydrogen-bond donors (Lipinski definition) is 2. The van der Waals surface area contributed by atoms with Crippen LogP contribution in [0.5, 0.6) is 0 Å². The third-order valence-electron chi connectivity index (χ3n) is 8.17. The summed E-state index contributed by atoms with van der Waals surface area (Å²) >= 11 is 5.90. The molecule has 0 spiro atoms. The maximum Gasteiger partial charge on any atom is 0.407 e. The number of fused-ring (bicyclic) bond motifs is 1. The smallest absolute Gasteiger partial charge is 0.407 e. The summed E-state index contributed by atoms with van der Waals surface area (Å²) in [5.41, 5.74) is 0.497. The summed E-state index contributed by atoms with van der Waals surface area (Å²) in [4.78, 5) is 34.4. The van der Waals surface area contributed by atoms with Crippen molar-refractivity contribution < 1.29 is 18.7 Å². The van der Waals surface area contributed by atoms with Crippen LogP contribution in [0, 0.1) is 17.2 Å². The Morgan fingerprint density at radius 3 is 2.66 bits per heavy atom. The van der Waals surface area contributed by atoms with Gasteiger partial charge in [-0.2, -0.15) is 5.26 Å². The highest BCUT2D eigenvalue weighted by Gasteiger charge is 2.47. The van der Waals surface area contributed by atoms with Gasteiger partial charge in [0, 0.05) is 49.1 Å². The fourth-order valence-electron chi connectivity index (χ4n) is 5.59. The Morgan fingerprint density at radius 2 is 2.00 bits per heavy atom. The number of rotatable bonds is 10. The van der Waals surface area contributed by atoms with Gasteiger partial charge in [-0.05, 0) is 56.2 Å². The molecule has 2 fully saturated rings. The molecule has 2 aromatic heterocycles. The first-order valence-electron chi connectivity index (χ1n) is 13.8. The predicted octanol–water partition coefficient (Wildman–Crippen LogP) is 5.11. The number of alkyl halides is 3. The number of nitriles is 1. The molecule has 5 rings (SSSR count). The summed E-state index contributed by atoms with van der Waals surface area (Å²) in [6.45, 7) is 0.949. The maximum atomic E-state index is 15.4. The summed E-state index contributed by atoms with van der Waals surface area (Å²) in [7, 11) is 0. The topological polar surface area (TPSA) is 124 Å². The van der Waals surface area contributed by atoms with E-state index in [1.54, 1.807) is 22.8 Å². The Balaban J connectivity index is 1.34. The van der Waals surface area contributed by atoms with Crippen LogP contribution in [-0.4, -0.2) is 56.1 Å². The second-order valence-corrected chi connectivity index (χ2v) is 11.1. The molecule has 0 unspecified atom stereocenters. The van der Waals surface area contributed by atoms with Crippen LogP contribution in [0.4, 0.5) is 19.4 Å². The number of pyridine rings is 1. The number of anilines is 1. The van der Waals surface area contributed by atoms with Gasteiger partial charge in [0.15, 0.2) is 0 Å². The Morgan fingerprint density at radius 1 is 1.24 bits per heavy atom. The molecular formula is C29H31ClF2N6O3. The average molecular weight is 585 g/mol. The van der Waals surface area contributed by atoms with Crippen molar-refractivity contribution in [3.63, 3.8) is 0 Å². The molecule has 12 heteroatoms. The zero-order chi connectivity index (χ0) is 29.2. The first kappa shape index (κ1) is 28.7. The largest absolute Gasteiger partial charge is 0.465 e. The van der Waals surface area contributed by atoms with Crippen LogP contribution in [-0.2, 0) is 24.3 Å². The highest BCUT2D eigenvalue weighted by molar-refractivity contribution is 6.17. The van der Waals surface area contributed by atoms with E-state index >= 15 is 8.78 Å². The van der Waals surface area contributed by atoms with Crippen molar-refractivity contribution >= 4 is 34.5 Å². The summed E-state index contributed by atoms with van der Waals surface area (Å²) in [6, 6.07) is 10.3. The van der Waals surface area contributed by atoms with Crippen molar-refractivity contribution in [1.82, 2.24) is 19.4 Å². The Labute approximate surface area is 240 Å². The predicted molar refractivity (Wildman–Crippen MR) is 151 cm³/mol. The number of carbonyl (C=O) groups is 1. The van der Waals surface area contributed by atoms with Crippen LogP contribution < -0.4 is 10.9 Å². The number of benzene rings is 1. The van der Waals surface area contributed by atoms with Gasteiger partial charge in [0.1, 0.15) is 17.8 Å². The minimum absolute atomic E-state index is 0.0737. The summed E-state index contributed by atoms with van der Waals surface area (Å²) in [6.07, 6.45) is 2.75. The molecule has 1 aliphatic heterocycles. The Kier molecular flexibility index (Phi) is 8.13. The lowest BCUT2D eigenvalue weighted by atomic mass is 9.86. The molecule has 0 atom stereocenters. The molecule has 1 aromatic carbocycles. The van der Waals surface area contributed by atoms with E-state index in [-0.39, 0.29) is 37.1 Å². The van der Waals surface area contributed by atoms with E-state index in [0.717, 1.165) is 5.56 Å². The average Bonchev–Trinajstić information content (AvgIpc) is 3.78. The third-order valence-corrected chi connectivity index (χ3v) is 8.44. The number of halogens is 3. The van der Waals surface area contributed by atoms with Crippen molar-refractivity contribution in [3.05, 3.63) is 63.7 Å². The fraction of sp³-hybridized carbons (Fsp3) is 0.483. The second-order valence-electron chi connectivity index (χ2n) is 10.8. The van der Waals surface area contributed by atoms with Gasteiger partial charge in [-0.25, -0.2) is 23.5 Å². The summed E-state index contributed by atoms with van der Waals surface area (Å²) in [5, 5.41) is 22.8. The van der Waals surface area contributed by atoms with Gasteiger partial charge in [-0.15, -0.1) is 11.6 Å². The standard InChI is InChI=1S/C29H31ClF2N6O3/c30-10-2-12-38-25-22(16-23(26(38)39)28(17-33)8-9-28)24(35-18-36-25)34-11-5-19-3-1-4-21(15-19)29(31,32)20-6-13-37(14-7-20)27(40)41/h1,3-4,15-16,18,20H,2,5-14H2,(H,40,41)(H,34,35,36). The first-order valence-corrected chi connectivity index (χ1v) is 14.3. The number of likely N-dealkylation sites (tertiary alicyclic amines) is 1. The Bertz CT molecular complexity index is 1540. The van der Waals surface area contributed by atoms with Gasteiger partial charge in [0.05, 0.1) is 16.9 Å². The zero-order valence-corrected chi connectivity index (χ0v) is 23.2. The van der Waals surface area contributed by atoms with E-state index in [9.17, 15) is 14.9 Å². The number of nitrogens with zero attached hydrogens (tertiary/aromatic N) is 5. The van der Waals surface area contributed by atoms with Gasteiger partial charge in [0.2, 0.25) is 0 Å². The number of piperidine rings is 1. The van der Waals surface area contributed by atoms with E-state index in [0.29, 0.717) is 67.1 Å². The Hall–Kier alpha value is -3.78.